The highest BCUT2D eigenvalue weighted by molar-refractivity contribution is 9.10. The summed E-state index contributed by atoms with van der Waals surface area (Å²) < 4.78 is 0.912. The molecule has 0 saturated carbocycles. The molecular weight excluding hydrogens is 276 g/mol. The van der Waals surface area contributed by atoms with Crippen LogP contribution in [0.25, 0.3) is 10.4 Å². The molecule has 0 aliphatic carbocycles. The van der Waals surface area contributed by atoms with Gasteiger partial charge in [-0.05, 0) is 17.5 Å². The monoisotopic (exact) mass is 282 g/mol. The Balaban J connectivity index is 2.59. The first kappa shape index (κ1) is 10.4. The van der Waals surface area contributed by atoms with E-state index < -0.39 is 5.97 Å². The van der Waals surface area contributed by atoms with E-state index in [1.165, 1.54) is 11.3 Å². The molecule has 0 bridgehead atoms. The minimum Gasteiger partial charge on any atom is -0.478 e. The van der Waals surface area contributed by atoms with E-state index in [1.54, 1.807) is 11.4 Å². The third-order valence-electron chi connectivity index (χ3n) is 2.01. The SMILES string of the molecule is O=C(O)c1ccsc1-c1ccccc1Br. The van der Waals surface area contributed by atoms with E-state index in [2.05, 4.69) is 15.9 Å². The van der Waals surface area contributed by atoms with Gasteiger partial charge in [-0.3, -0.25) is 0 Å². The zero-order valence-corrected chi connectivity index (χ0v) is 10.0. The number of carbonyl (C=O) groups is 1. The van der Waals surface area contributed by atoms with Crippen molar-refractivity contribution in [3.8, 4) is 10.4 Å². The van der Waals surface area contributed by atoms with E-state index in [-0.39, 0.29) is 0 Å². The summed E-state index contributed by atoms with van der Waals surface area (Å²) in [6, 6.07) is 9.23. The summed E-state index contributed by atoms with van der Waals surface area (Å²) in [4.78, 5) is 11.7. The third kappa shape index (κ3) is 1.96. The van der Waals surface area contributed by atoms with Crippen molar-refractivity contribution in [2.24, 2.45) is 0 Å². The number of benzene rings is 1. The second-order valence-electron chi connectivity index (χ2n) is 2.95. The number of hydrogen-bond donors (Lipinski definition) is 1. The minimum atomic E-state index is -0.887. The Bertz CT molecular complexity index is 505. The molecule has 1 N–H and O–H groups in total. The summed E-state index contributed by atoms with van der Waals surface area (Å²) in [5, 5.41) is 10.8. The highest BCUT2D eigenvalue weighted by Gasteiger charge is 2.14. The zero-order chi connectivity index (χ0) is 10.8. The average Bonchev–Trinajstić information content (AvgIpc) is 2.67. The second-order valence-corrected chi connectivity index (χ2v) is 4.72. The number of halogens is 1. The zero-order valence-electron chi connectivity index (χ0n) is 7.61. The Kier molecular flexibility index (Phi) is 2.88. The molecule has 1 aromatic carbocycles. The van der Waals surface area contributed by atoms with E-state index in [9.17, 15) is 4.79 Å². The maximum Gasteiger partial charge on any atom is 0.337 e. The molecule has 2 rings (SSSR count). The lowest BCUT2D eigenvalue weighted by Crippen LogP contribution is -1.95. The van der Waals surface area contributed by atoms with Crippen molar-refractivity contribution in [2.45, 2.75) is 0 Å². The van der Waals surface area contributed by atoms with Gasteiger partial charge in [-0.25, -0.2) is 4.79 Å². The Morgan fingerprint density at radius 3 is 2.67 bits per heavy atom. The number of carboxylic acids is 1. The van der Waals surface area contributed by atoms with Crippen molar-refractivity contribution in [3.63, 3.8) is 0 Å². The molecule has 15 heavy (non-hydrogen) atoms. The van der Waals surface area contributed by atoms with Gasteiger partial charge in [0.2, 0.25) is 0 Å². The first-order chi connectivity index (χ1) is 7.20. The first-order valence-corrected chi connectivity index (χ1v) is 5.93. The van der Waals surface area contributed by atoms with Gasteiger partial charge >= 0.3 is 5.97 Å². The molecule has 2 aromatic rings. The van der Waals surface area contributed by atoms with Crippen LogP contribution in [0.15, 0.2) is 40.2 Å². The van der Waals surface area contributed by atoms with Crippen LogP contribution in [0.2, 0.25) is 0 Å². The van der Waals surface area contributed by atoms with Gasteiger partial charge in [0.1, 0.15) is 0 Å². The maximum absolute atomic E-state index is 11.0. The van der Waals surface area contributed by atoms with Crippen LogP contribution in [0.1, 0.15) is 10.4 Å². The van der Waals surface area contributed by atoms with E-state index in [0.717, 1.165) is 14.9 Å². The summed E-state index contributed by atoms with van der Waals surface area (Å²) in [5.74, 6) is -0.887. The van der Waals surface area contributed by atoms with Crippen molar-refractivity contribution in [1.29, 1.82) is 0 Å². The molecule has 0 fully saturated rings. The highest BCUT2D eigenvalue weighted by atomic mass is 79.9. The Morgan fingerprint density at radius 1 is 1.27 bits per heavy atom. The van der Waals surface area contributed by atoms with E-state index in [1.807, 2.05) is 24.3 Å². The van der Waals surface area contributed by atoms with Crippen LogP contribution in [0.4, 0.5) is 0 Å². The fourth-order valence-corrected chi connectivity index (χ4v) is 2.87. The fraction of sp³-hybridized carbons (Fsp3) is 0. The van der Waals surface area contributed by atoms with E-state index >= 15 is 0 Å². The Morgan fingerprint density at radius 2 is 2.00 bits per heavy atom. The van der Waals surface area contributed by atoms with Crippen molar-refractivity contribution >= 4 is 33.2 Å². The molecule has 76 valence electrons. The molecule has 0 saturated heterocycles. The van der Waals surface area contributed by atoms with Crippen LogP contribution in [0, 0.1) is 0 Å². The number of thiophene rings is 1. The minimum absolute atomic E-state index is 0.354. The van der Waals surface area contributed by atoms with Crippen molar-refractivity contribution in [1.82, 2.24) is 0 Å². The molecular formula is C11H7BrO2S. The van der Waals surface area contributed by atoms with Gasteiger partial charge in [-0.2, -0.15) is 0 Å². The number of hydrogen-bond acceptors (Lipinski definition) is 2. The van der Waals surface area contributed by atoms with Crippen molar-refractivity contribution in [2.75, 3.05) is 0 Å². The predicted molar refractivity (Wildman–Crippen MR) is 64.4 cm³/mol. The van der Waals surface area contributed by atoms with Gasteiger partial charge in [0.15, 0.2) is 0 Å². The van der Waals surface area contributed by atoms with E-state index in [0.29, 0.717) is 5.56 Å². The summed E-state index contributed by atoms with van der Waals surface area (Å²) >= 11 is 4.85. The smallest absolute Gasteiger partial charge is 0.337 e. The molecule has 0 unspecified atom stereocenters. The average molecular weight is 283 g/mol. The quantitative estimate of drug-likeness (QED) is 0.908. The molecule has 0 spiro atoms. The summed E-state index contributed by atoms with van der Waals surface area (Å²) in [7, 11) is 0. The number of aromatic carboxylic acids is 1. The first-order valence-electron chi connectivity index (χ1n) is 4.26. The lowest BCUT2D eigenvalue weighted by Gasteiger charge is -2.02. The van der Waals surface area contributed by atoms with Crippen LogP contribution in [0.3, 0.4) is 0 Å². The van der Waals surface area contributed by atoms with Crippen LogP contribution in [0.5, 0.6) is 0 Å². The maximum atomic E-state index is 11.0. The Labute approximate surface area is 99.3 Å². The van der Waals surface area contributed by atoms with Gasteiger partial charge in [0.05, 0.1) is 5.56 Å². The normalized spacial score (nSPS) is 10.2. The topological polar surface area (TPSA) is 37.3 Å². The second kappa shape index (κ2) is 4.16. The van der Waals surface area contributed by atoms with Crippen LogP contribution in [-0.2, 0) is 0 Å². The highest BCUT2D eigenvalue weighted by Crippen LogP contribution is 2.34. The van der Waals surface area contributed by atoms with Gasteiger partial charge in [-0.1, -0.05) is 34.1 Å². The third-order valence-corrected chi connectivity index (χ3v) is 3.65. The largest absolute Gasteiger partial charge is 0.478 e. The molecule has 1 heterocycles. The van der Waals surface area contributed by atoms with Crippen molar-refractivity contribution in [3.05, 3.63) is 45.7 Å². The lowest BCUT2D eigenvalue weighted by atomic mass is 10.1. The summed E-state index contributed by atoms with van der Waals surface area (Å²) in [6.45, 7) is 0. The standard InChI is InChI=1S/C11H7BrO2S/c12-9-4-2-1-3-7(9)10-8(11(13)14)5-6-15-10/h1-6H,(H,13,14). The van der Waals surface area contributed by atoms with Gasteiger partial charge in [0, 0.05) is 14.9 Å². The molecule has 2 nitrogen and oxygen atoms in total. The Hall–Kier alpha value is -1.13. The fourth-order valence-electron chi connectivity index (χ4n) is 1.33. The molecule has 0 radical (unpaired) electrons. The lowest BCUT2D eigenvalue weighted by molar-refractivity contribution is 0.0698. The van der Waals surface area contributed by atoms with E-state index in [4.69, 9.17) is 5.11 Å². The van der Waals surface area contributed by atoms with Gasteiger partial charge in [0.25, 0.3) is 0 Å². The molecule has 0 amide bonds. The predicted octanol–water partition coefficient (Wildman–Crippen LogP) is 3.88. The van der Waals surface area contributed by atoms with Gasteiger partial charge < -0.3 is 5.11 Å². The van der Waals surface area contributed by atoms with Crippen LogP contribution >= 0.6 is 27.3 Å². The molecule has 0 aliphatic heterocycles. The van der Waals surface area contributed by atoms with Crippen LogP contribution < -0.4 is 0 Å². The van der Waals surface area contributed by atoms with Crippen LogP contribution in [-0.4, -0.2) is 11.1 Å². The summed E-state index contributed by atoms with van der Waals surface area (Å²) in [6.07, 6.45) is 0. The molecule has 4 heteroatoms. The molecule has 0 aliphatic rings. The molecule has 0 atom stereocenters. The van der Waals surface area contributed by atoms with Gasteiger partial charge in [-0.15, -0.1) is 11.3 Å². The number of carboxylic acid groups (broad SMARTS) is 1. The summed E-state index contributed by atoms with van der Waals surface area (Å²) in [5.41, 5.74) is 1.27. The molecule has 1 aromatic heterocycles. The number of rotatable bonds is 2. The van der Waals surface area contributed by atoms with Crippen molar-refractivity contribution < 1.29 is 9.90 Å².